The lowest BCUT2D eigenvalue weighted by atomic mass is 10.0. The molecule has 5 heteroatoms. The minimum absolute atomic E-state index is 0.200. The van der Waals surface area contributed by atoms with Gasteiger partial charge in [-0.25, -0.2) is 9.37 Å². The van der Waals surface area contributed by atoms with Gasteiger partial charge in [-0.3, -0.25) is 0 Å². The molecular formula is C13H23FN4. The first-order valence-corrected chi connectivity index (χ1v) is 6.55. The van der Waals surface area contributed by atoms with Crippen molar-refractivity contribution in [2.45, 2.75) is 46.6 Å². The van der Waals surface area contributed by atoms with Crippen molar-refractivity contribution in [2.24, 2.45) is 5.92 Å². The molecule has 18 heavy (non-hydrogen) atoms. The number of rotatable bonds is 7. The average molecular weight is 254 g/mol. The van der Waals surface area contributed by atoms with Crippen LogP contribution in [0.4, 0.5) is 16.2 Å². The van der Waals surface area contributed by atoms with Crippen LogP contribution in [-0.2, 0) is 0 Å². The van der Waals surface area contributed by atoms with Crippen molar-refractivity contribution in [3.63, 3.8) is 0 Å². The number of nitrogens with one attached hydrogen (secondary N) is 2. The Balaban J connectivity index is 2.61. The Labute approximate surface area is 108 Å². The van der Waals surface area contributed by atoms with Gasteiger partial charge < -0.3 is 10.6 Å². The summed E-state index contributed by atoms with van der Waals surface area (Å²) in [5.41, 5.74) is 0. The van der Waals surface area contributed by atoms with Crippen molar-refractivity contribution in [1.82, 2.24) is 9.97 Å². The third-order valence-electron chi connectivity index (χ3n) is 2.64. The van der Waals surface area contributed by atoms with Crippen LogP contribution in [0.15, 0.2) is 6.20 Å². The quantitative estimate of drug-likeness (QED) is 0.784. The molecule has 0 saturated heterocycles. The van der Waals surface area contributed by atoms with Crippen LogP contribution in [0.25, 0.3) is 0 Å². The number of nitrogens with zero attached hydrogens (tertiary/aromatic N) is 2. The molecule has 1 rings (SSSR count). The van der Waals surface area contributed by atoms with Crippen LogP contribution in [0.3, 0.4) is 0 Å². The van der Waals surface area contributed by atoms with Gasteiger partial charge >= 0.3 is 0 Å². The zero-order valence-electron chi connectivity index (χ0n) is 11.6. The summed E-state index contributed by atoms with van der Waals surface area (Å²) in [6.45, 7) is 9.07. The van der Waals surface area contributed by atoms with E-state index in [2.05, 4.69) is 34.4 Å². The number of halogens is 1. The van der Waals surface area contributed by atoms with Gasteiger partial charge in [0.25, 0.3) is 0 Å². The van der Waals surface area contributed by atoms with Crippen LogP contribution in [-0.4, -0.2) is 22.6 Å². The Hall–Kier alpha value is -1.39. The van der Waals surface area contributed by atoms with Crippen molar-refractivity contribution >= 4 is 11.8 Å². The Morgan fingerprint density at radius 2 is 2.00 bits per heavy atom. The second-order valence-electron chi connectivity index (χ2n) is 4.94. The van der Waals surface area contributed by atoms with E-state index in [4.69, 9.17) is 0 Å². The van der Waals surface area contributed by atoms with Crippen molar-refractivity contribution in [2.75, 3.05) is 17.2 Å². The molecule has 1 atom stereocenters. The molecule has 0 radical (unpaired) electrons. The highest BCUT2D eigenvalue weighted by Gasteiger charge is 2.10. The summed E-state index contributed by atoms with van der Waals surface area (Å²) in [7, 11) is 0. The van der Waals surface area contributed by atoms with Gasteiger partial charge in [0.2, 0.25) is 5.95 Å². The summed E-state index contributed by atoms with van der Waals surface area (Å²) in [5.74, 6) is 0.976. The molecule has 0 bridgehead atoms. The van der Waals surface area contributed by atoms with E-state index >= 15 is 0 Å². The van der Waals surface area contributed by atoms with Crippen molar-refractivity contribution in [3.05, 3.63) is 12.0 Å². The second kappa shape index (κ2) is 7.13. The van der Waals surface area contributed by atoms with Crippen LogP contribution in [0, 0.1) is 11.7 Å². The van der Waals surface area contributed by atoms with Crippen LogP contribution in [0.1, 0.15) is 40.5 Å². The monoisotopic (exact) mass is 254 g/mol. The lowest BCUT2D eigenvalue weighted by molar-refractivity contribution is 0.524. The van der Waals surface area contributed by atoms with E-state index in [0.717, 1.165) is 12.8 Å². The molecule has 0 fully saturated rings. The maximum absolute atomic E-state index is 13.6. The van der Waals surface area contributed by atoms with Gasteiger partial charge in [-0.1, -0.05) is 13.8 Å². The predicted molar refractivity (Wildman–Crippen MR) is 73.3 cm³/mol. The van der Waals surface area contributed by atoms with Gasteiger partial charge in [-0.05, 0) is 32.6 Å². The third-order valence-corrected chi connectivity index (χ3v) is 2.64. The lowest BCUT2D eigenvalue weighted by Crippen LogP contribution is -2.18. The van der Waals surface area contributed by atoms with E-state index in [1.165, 1.54) is 6.20 Å². The van der Waals surface area contributed by atoms with Crippen LogP contribution < -0.4 is 10.6 Å². The molecule has 0 aliphatic heterocycles. The SMILES string of the molecule is CCNc1ncc(F)c(NC(C)CCC(C)C)n1. The van der Waals surface area contributed by atoms with E-state index in [-0.39, 0.29) is 11.9 Å². The summed E-state index contributed by atoms with van der Waals surface area (Å²) < 4.78 is 13.6. The van der Waals surface area contributed by atoms with E-state index in [1.807, 2.05) is 13.8 Å². The Bertz CT molecular complexity index is 368. The number of aromatic nitrogens is 2. The normalized spacial score (nSPS) is 12.6. The molecule has 0 amide bonds. The van der Waals surface area contributed by atoms with E-state index in [0.29, 0.717) is 18.4 Å². The van der Waals surface area contributed by atoms with Gasteiger partial charge in [0, 0.05) is 12.6 Å². The minimum Gasteiger partial charge on any atom is -0.365 e. The largest absolute Gasteiger partial charge is 0.365 e. The van der Waals surface area contributed by atoms with E-state index in [9.17, 15) is 4.39 Å². The molecule has 0 spiro atoms. The van der Waals surface area contributed by atoms with Gasteiger partial charge in [0.1, 0.15) is 0 Å². The molecule has 0 aromatic carbocycles. The fourth-order valence-electron chi connectivity index (χ4n) is 1.60. The van der Waals surface area contributed by atoms with Gasteiger partial charge in [-0.2, -0.15) is 4.98 Å². The zero-order valence-corrected chi connectivity index (χ0v) is 11.6. The molecule has 1 aromatic rings. The van der Waals surface area contributed by atoms with Crippen molar-refractivity contribution in [1.29, 1.82) is 0 Å². The van der Waals surface area contributed by atoms with Crippen molar-refractivity contribution in [3.8, 4) is 0 Å². The molecule has 2 N–H and O–H groups in total. The summed E-state index contributed by atoms with van der Waals surface area (Å²) in [4.78, 5) is 7.99. The molecule has 0 aliphatic rings. The molecule has 1 aromatic heterocycles. The third kappa shape index (κ3) is 4.85. The topological polar surface area (TPSA) is 49.8 Å². The standard InChI is InChI=1S/C13H23FN4/c1-5-15-13-16-8-11(14)12(18-13)17-10(4)7-6-9(2)3/h8-10H,5-7H2,1-4H3,(H2,15,16,17,18). The van der Waals surface area contributed by atoms with E-state index in [1.54, 1.807) is 0 Å². The highest BCUT2D eigenvalue weighted by atomic mass is 19.1. The zero-order chi connectivity index (χ0) is 13.5. The number of hydrogen-bond donors (Lipinski definition) is 2. The number of anilines is 2. The summed E-state index contributed by atoms with van der Waals surface area (Å²) >= 11 is 0. The Morgan fingerprint density at radius 1 is 1.28 bits per heavy atom. The first-order chi connectivity index (χ1) is 8.52. The maximum Gasteiger partial charge on any atom is 0.224 e. The first-order valence-electron chi connectivity index (χ1n) is 6.55. The average Bonchev–Trinajstić information content (AvgIpc) is 2.31. The first kappa shape index (κ1) is 14.7. The molecule has 1 heterocycles. The lowest BCUT2D eigenvalue weighted by Gasteiger charge is -2.16. The Morgan fingerprint density at radius 3 is 2.61 bits per heavy atom. The van der Waals surface area contributed by atoms with Crippen LogP contribution >= 0.6 is 0 Å². The second-order valence-corrected chi connectivity index (χ2v) is 4.94. The Kier molecular flexibility index (Phi) is 5.82. The van der Waals surface area contributed by atoms with Crippen molar-refractivity contribution < 1.29 is 4.39 Å². The number of hydrogen-bond acceptors (Lipinski definition) is 4. The molecule has 0 aliphatic carbocycles. The fourth-order valence-corrected chi connectivity index (χ4v) is 1.60. The molecule has 1 unspecified atom stereocenters. The molecule has 102 valence electrons. The molecule has 0 saturated carbocycles. The fraction of sp³-hybridized carbons (Fsp3) is 0.692. The van der Waals surface area contributed by atoms with Gasteiger partial charge in [0.15, 0.2) is 11.6 Å². The highest BCUT2D eigenvalue weighted by Crippen LogP contribution is 2.15. The molecule has 4 nitrogen and oxygen atoms in total. The summed E-state index contributed by atoms with van der Waals surface area (Å²) in [6, 6.07) is 0.200. The predicted octanol–water partition coefficient (Wildman–Crippen LogP) is 3.28. The van der Waals surface area contributed by atoms with Gasteiger partial charge in [-0.15, -0.1) is 0 Å². The smallest absolute Gasteiger partial charge is 0.224 e. The van der Waals surface area contributed by atoms with E-state index < -0.39 is 5.82 Å². The van der Waals surface area contributed by atoms with Crippen LogP contribution in [0.5, 0.6) is 0 Å². The molecular weight excluding hydrogens is 231 g/mol. The highest BCUT2D eigenvalue weighted by molar-refractivity contribution is 5.41. The minimum atomic E-state index is -0.409. The van der Waals surface area contributed by atoms with Gasteiger partial charge in [0.05, 0.1) is 6.20 Å². The van der Waals surface area contributed by atoms with Crippen LogP contribution in [0.2, 0.25) is 0 Å². The maximum atomic E-state index is 13.6. The summed E-state index contributed by atoms with van der Waals surface area (Å²) in [5, 5.41) is 6.07. The summed E-state index contributed by atoms with van der Waals surface area (Å²) in [6.07, 6.45) is 3.31.